The average Bonchev–Trinajstić information content (AvgIpc) is 3.62. The highest BCUT2D eigenvalue weighted by atomic mass is 15.1. The number of benzene rings is 2. The SMILES string of the molecule is CCCCCCCCCCCCCCCCC[n+]1cc[nH]c1C(CCCCCCCCCCCCC)C(C)(Cc1ccccc1)c1ccccc1. The summed E-state index contributed by atoms with van der Waals surface area (Å²) >= 11 is 0. The lowest BCUT2D eigenvalue weighted by Gasteiger charge is -2.37. The van der Waals surface area contributed by atoms with Gasteiger partial charge in [-0.2, -0.15) is 0 Å². The molecule has 1 heterocycles. The molecule has 3 rings (SSSR count). The number of aryl methyl sites for hydroxylation is 1. The van der Waals surface area contributed by atoms with E-state index in [4.69, 9.17) is 0 Å². The molecule has 1 aromatic heterocycles. The van der Waals surface area contributed by atoms with Crippen LogP contribution in [0.3, 0.4) is 0 Å². The Balaban J connectivity index is 1.52. The zero-order valence-electron chi connectivity index (χ0n) is 34.0. The van der Waals surface area contributed by atoms with E-state index in [-0.39, 0.29) is 5.41 Å². The molecule has 2 aromatic carbocycles. The quantitative estimate of drug-likeness (QED) is 0.0483. The average molecular weight is 698 g/mol. The molecule has 2 heteroatoms. The number of nitrogens with one attached hydrogen (secondary N) is 1. The van der Waals surface area contributed by atoms with Crippen LogP contribution in [0.25, 0.3) is 0 Å². The van der Waals surface area contributed by atoms with Crippen molar-refractivity contribution < 1.29 is 4.57 Å². The number of hydrogen-bond acceptors (Lipinski definition) is 0. The van der Waals surface area contributed by atoms with Crippen LogP contribution in [0.5, 0.6) is 0 Å². The van der Waals surface area contributed by atoms with Crippen LogP contribution in [0.15, 0.2) is 73.1 Å². The molecule has 0 saturated carbocycles. The first kappa shape index (κ1) is 43.1. The topological polar surface area (TPSA) is 19.7 Å². The van der Waals surface area contributed by atoms with Gasteiger partial charge in [-0.05, 0) is 36.8 Å². The second kappa shape index (κ2) is 28.2. The largest absolute Gasteiger partial charge is 0.258 e. The van der Waals surface area contributed by atoms with Gasteiger partial charge in [0, 0.05) is 5.41 Å². The summed E-state index contributed by atoms with van der Waals surface area (Å²) in [5.74, 6) is 1.87. The van der Waals surface area contributed by atoms with E-state index in [1.807, 2.05) is 0 Å². The fourth-order valence-corrected chi connectivity index (χ4v) is 8.56. The van der Waals surface area contributed by atoms with Crippen molar-refractivity contribution in [2.24, 2.45) is 0 Å². The predicted molar refractivity (Wildman–Crippen MR) is 224 cm³/mol. The number of aromatic nitrogens is 2. The Morgan fingerprint density at radius 3 is 1.39 bits per heavy atom. The molecule has 1 N–H and O–H groups in total. The maximum Gasteiger partial charge on any atom is 0.258 e. The number of rotatable bonds is 33. The minimum atomic E-state index is 0.00274. The van der Waals surface area contributed by atoms with E-state index in [0.29, 0.717) is 5.92 Å². The lowest BCUT2D eigenvalue weighted by Crippen LogP contribution is -2.43. The first-order chi connectivity index (χ1) is 25.2. The van der Waals surface area contributed by atoms with Crippen molar-refractivity contribution in [3.05, 3.63) is 90.0 Å². The van der Waals surface area contributed by atoms with Crippen molar-refractivity contribution >= 4 is 0 Å². The Morgan fingerprint density at radius 2 is 0.922 bits per heavy atom. The van der Waals surface area contributed by atoms with Gasteiger partial charge in [-0.15, -0.1) is 0 Å². The smallest absolute Gasteiger partial charge is 0.247 e. The summed E-state index contributed by atoms with van der Waals surface area (Å²) in [5, 5.41) is 0. The van der Waals surface area contributed by atoms with Gasteiger partial charge in [-0.3, -0.25) is 0 Å². The van der Waals surface area contributed by atoms with Crippen molar-refractivity contribution in [1.82, 2.24) is 4.98 Å². The van der Waals surface area contributed by atoms with Crippen LogP contribution in [0, 0.1) is 0 Å². The third-order valence-corrected chi connectivity index (χ3v) is 11.8. The van der Waals surface area contributed by atoms with Gasteiger partial charge in [-0.1, -0.05) is 236 Å². The zero-order chi connectivity index (χ0) is 36.1. The summed E-state index contributed by atoms with van der Waals surface area (Å²) in [6.45, 7) is 8.30. The van der Waals surface area contributed by atoms with Gasteiger partial charge in [0.1, 0.15) is 12.4 Å². The summed E-state index contributed by atoms with van der Waals surface area (Å²) in [7, 11) is 0. The third-order valence-electron chi connectivity index (χ3n) is 11.8. The number of H-pyrrole nitrogens is 1. The number of imidazole rings is 1. The minimum absolute atomic E-state index is 0.00274. The first-order valence-corrected chi connectivity index (χ1v) is 22.3. The first-order valence-electron chi connectivity index (χ1n) is 22.3. The van der Waals surface area contributed by atoms with E-state index in [9.17, 15) is 0 Å². The second-order valence-corrected chi connectivity index (χ2v) is 16.3. The van der Waals surface area contributed by atoms with Crippen LogP contribution in [0.4, 0.5) is 0 Å². The Labute approximate surface area is 317 Å². The van der Waals surface area contributed by atoms with Gasteiger partial charge >= 0.3 is 0 Å². The van der Waals surface area contributed by atoms with Crippen molar-refractivity contribution in [1.29, 1.82) is 0 Å². The van der Waals surface area contributed by atoms with Gasteiger partial charge in [0.05, 0.1) is 12.5 Å². The molecule has 0 aliphatic carbocycles. The molecule has 51 heavy (non-hydrogen) atoms. The molecule has 0 aliphatic rings. The van der Waals surface area contributed by atoms with Gasteiger partial charge in [-0.25, -0.2) is 9.55 Å². The van der Waals surface area contributed by atoms with Gasteiger partial charge < -0.3 is 0 Å². The molecule has 0 amide bonds. The monoisotopic (exact) mass is 698 g/mol. The zero-order valence-corrected chi connectivity index (χ0v) is 34.0. The van der Waals surface area contributed by atoms with Gasteiger partial charge in [0.25, 0.3) is 5.82 Å². The molecule has 0 saturated heterocycles. The van der Waals surface area contributed by atoms with E-state index in [2.05, 4.69) is 103 Å². The number of aromatic amines is 1. The Kier molecular flexibility index (Phi) is 23.8. The molecule has 2 unspecified atom stereocenters. The van der Waals surface area contributed by atoms with E-state index in [1.165, 1.54) is 190 Å². The number of unbranched alkanes of at least 4 members (excludes halogenated alkanes) is 24. The molecule has 0 spiro atoms. The Bertz CT molecular complexity index is 1180. The lowest BCUT2D eigenvalue weighted by atomic mass is 9.66. The predicted octanol–water partition coefficient (Wildman–Crippen LogP) is 15.2. The highest BCUT2D eigenvalue weighted by Gasteiger charge is 2.41. The van der Waals surface area contributed by atoms with E-state index >= 15 is 0 Å². The van der Waals surface area contributed by atoms with E-state index in [1.54, 1.807) is 0 Å². The third kappa shape index (κ3) is 17.8. The maximum atomic E-state index is 3.82. The summed E-state index contributed by atoms with van der Waals surface area (Å²) in [5.41, 5.74) is 2.91. The normalized spacial score (nSPS) is 13.4. The van der Waals surface area contributed by atoms with Crippen LogP contribution < -0.4 is 4.57 Å². The van der Waals surface area contributed by atoms with Gasteiger partial charge in [0.2, 0.25) is 0 Å². The molecule has 2 atom stereocenters. The van der Waals surface area contributed by atoms with Crippen molar-refractivity contribution in [2.75, 3.05) is 0 Å². The Hall–Kier alpha value is -2.35. The molecular formula is C49H81N2+. The number of nitrogens with zero attached hydrogens (tertiary/aromatic N) is 1. The molecule has 0 radical (unpaired) electrons. The van der Waals surface area contributed by atoms with E-state index in [0.717, 1.165) is 13.0 Å². The molecule has 0 fully saturated rings. The van der Waals surface area contributed by atoms with E-state index < -0.39 is 0 Å². The molecule has 0 aliphatic heterocycles. The van der Waals surface area contributed by atoms with Crippen LogP contribution in [-0.2, 0) is 18.4 Å². The van der Waals surface area contributed by atoms with Crippen molar-refractivity contribution in [3.8, 4) is 0 Å². The molecule has 286 valence electrons. The van der Waals surface area contributed by atoms with Crippen molar-refractivity contribution in [2.45, 2.75) is 218 Å². The fourth-order valence-electron chi connectivity index (χ4n) is 8.56. The van der Waals surface area contributed by atoms with Gasteiger partial charge in [0.15, 0.2) is 0 Å². The second-order valence-electron chi connectivity index (χ2n) is 16.3. The molecule has 3 aromatic rings. The van der Waals surface area contributed by atoms with Crippen LogP contribution >= 0.6 is 0 Å². The van der Waals surface area contributed by atoms with Crippen molar-refractivity contribution in [3.63, 3.8) is 0 Å². The minimum Gasteiger partial charge on any atom is -0.247 e. The standard InChI is InChI=1S/C49H80N2/c1-4-6-8-10-12-14-16-17-18-19-21-23-25-27-35-42-51-43-41-50-48(51)47(40-34-26-24-22-20-15-13-11-9-7-5-2)49(3,46-38-32-29-33-39-46)44-45-36-30-28-31-37-45/h28-33,36-39,41,43,47H,4-27,34-35,40,42,44H2,1-3H3/p+1. The highest BCUT2D eigenvalue weighted by molar-refractivity contribution is 5.32. The molecule has 2 nitrogen and oxygen atoms in total. The van der Waals surface area contributed by atoms with Crippen LogP contribution in [0.2, 0.25) is 0 Å². The summed E-state index contributed by atoms with van der Waals surface area (Å²) in [6, 6.07) is 22.7. The Morgan fingerprint density at radius 1 is 0.510 bits per heavy atom. The summed E-state index contributed by atoms with van der Waals surface area (Å²) < 4.78 is 2.59. The molecule has 0 bridgehead atoms. The highest BCUT2D eigenvalue weighted by Crippen LogP contribution is 2.43. The van der Waals surface area contributed by atoms with Crippen LogP contribution in [0.1, 0.15) is 217 Å². The van der Waals surface area contributed by atoms with Crippen LogP contribution in [-0.4, -0.2) is 4.98 Å². The summed E-state index contributed by atoms with van der Waals surface area (Å²) in [6.07, 6.45) is 43.4. The maximum absolute atomic E-state index is 3.82. The molecular weight excluding hydrogens is 617 g/mol. The lowest BCUT2D eigenvalue weighted by molar-refractivity contribution is -0.705. The summed E-state index contributed by atoms with van der Waals surface area (Å²) in [4.78, 5) is 3.82. The number of hydrogen-bond donors (Lipinski definition) is 1. The fraction of sp³-hybridized carbons (Fsp3) is 0.694.